The van der Waals surface area contributed by atoms with Crippen LogP contribution in [0.2, 0.25) is 0 Å². The van der Waals surface area contributed by atoms with Gasteiger partial charge in [-0.2, -0.15) is 0 Å². The van der Waals surface area contributed by atoms with Crippen LogP contribution in [0.1, 0.15) is 80.3 Å². The Bertz CT molecular complexity index is 1130. The molecule has 0 atom stereocenters. The summed E-state index contributed by atoms with van der Waals surface area (Å²) in [5.41, 5.74) is 6.94. The number of carbonyl (C=O) groups is 2. The van der Waals surface area contributed by atoms with Gasteiger partial charge in [-0.15, -0.1) is 0 Å². The Morgan fingerprint density at radius 1 is 1.22 bits per heavy atom. The number of nitrogens with zero attached hydrogens (tertiary/aromatic N) is 1. The van der Waals surface area contributed by atoms with E-state index >= 15 is 0 Å². The molecule has 1 amide bonds. The molecule has 1 aromatic heterocycles. The summed E-state index contributed by atoms with van der Waals surface area (Å²) in [5, 5.41) is 7.67. The van der Waals surface area contributed by atoms with Crippen LogP contribution in [-0.2, 0) is 11.8 Å². The summed E-state index contributed by atoms with van der Waals surface area (Å²) in [7, 11) is 2.01. The largest absolute Gasteiger partial charge is 0.350 e. The molecule has 1 aliphatic heterocycles. The summed E-state index contributed by atoms with van der Waals surface area (Å²) in [6.07, 6.45) is 6.81. The number of amides is 1. The van der Waals surface area contributed by atoms with Gasteiger partial charge in [-0.05, 0) is 80.4 Å². The summed E-state index contributed by atoms with van der Waals surface area (Å²) >= 11 is 0. The van der Waals surface area contributed by atoms with Gasteiger partial charge in [0.05, 0.1) is 11.1 Å². The van der Waals surface area contributed by atoms with Gasteiger partial charge in [-0.3, -0.25) is 9.59 Å². The van der Waals surface area contributed by atoms with Crippen molar-refractivity contribution in [1.29, 1.82) is 0 Å². The van der Waals surface area contributed by atoms with E-state index in [1.807, 2.05) is 27.0 Å². The van der Waals surface area contributed by atoms with Gasteiger partial charge >= 0.3 is 0 Å². The third-order valence-electron chi connectivity index (χ3n) is 6.95. The van der Waals surface area contributed by atoms with Gasteiger partial charge in [0.25, 0.3) is 5.91 Å². The minimum absolute atomic E-state index is 0.109. The lowest BCUT2D eigenvalue weighted by molar-refractivity contribution is -0.115. The predicted molar refractivity (Wildman–Crippen MR) is 130 cm³/mol. The highest BCUT2D eigenvalue weighted by Gasteiger charge is 2.24. The number of hydrogen-bond acceptors (Lipinski definition) is 3. The summed E-state index contributed by atoms with van der Waals surface area (Å²) in [5.74, 6) is 0.838. The van der Waals surface area contributed by atoms with Gasteiger partial charge in [0.15, 0.2) is 5.78 Å². The zero-order chi connectivity index (χ0) is 23.0. The molecule has 1 saturated heterocycles. The summed E-state index contributed by atoms with van der Waals surface area (Å²) in [4.78, 5) is 26.0. The summed E-state index contributed by atoms with van der Waals surface area (Å²) < 4.78 is 2.08. The van der Waals surface area contributed by atoms with E-state index in [0.29, 0.717) is 29.4 Å². The molecular weight excluding hydrogens is 398 g/mol. The molecule has 2 aromatic rings. The van der Waals surface area contributed by atoms with Crippen molar-refractivity contribution in [1.82, 2.24) is 15.2 Å². The maximum Gasteiger partial charge on any atom is 0.253 e. The number of aryl methyl sites for hydroxylation is 1. The van der Waals surface area contributed by atoms with Crippen LogP contribution in [0.25, 0.3) is 10.9 Å². The number of aromatic nitrogens is 1. The molecule has 5 heteroatoms. The van der Waals surface area contributed by atoms with Crippen molar-refractivity contribution in [2.24, 2.45) is 7.05 Å². The number of hydrogen-bond donors (Lipinski definition) is 2. The third-order valence-corrected chi connectivity index (χ3v) is 6.95. The molecule has 0 radical (unpaired) electrons. The molecule has 2 aliphatic rings. The van der Waals surface area contributed by atoms with E-state index < -0.39 is 0 Å². The van der Waals surface area contributed by atoms with Crippen LogP contribution in [0.5, 0.6) is 0 Å². The van der Waals surface area contributed by atoms with Crippen LogP contribution in [0, 0.1) is 0 Å². The molecule has 170 valence electrons. The smallest absolute Gasteiger partial charge is 0.253 e. The number of ketones is 1. The first-order chi connectivity index (χ1) is 15.3. The van der Waals surface area contributed by atoms with Crippen molar-refractivity contribution < 1.29 is 9.59 Å². The second-order valence-electron chi connectivity index (χ2n) is 9.77. The highest BCUT2D eigenvalue weighted by atomic mass is 16.2. The molecule has 0 bridgehead atoms. The zero-order valence-electron chi connectivity index (χ0n) is 20.0. The van der Waals surface area contributed by atoms with Crippen LogP contribution in [0.3, 0.4) is 0 Å². The van der Waals surface area contributed by atoms with Crippen molar-refractivity contribution in [2.75, 3.05) is 19.6 Å². The average Bonchev–Trinajstić information content (AvgIpc) is 3.09. The first kappa shape index (κ1) is 22.5. The standard InChI is InChI=1S/C27H35N3O2/c1-16(2)24-15-30(5)26-21(24)12-20(19-6-8-28-9-7-19)13-22(26)27(32)29-14-23-18(4)10-17(3)11-25(23)31/h10,12-13,15-16,19,28H,6-9,11,14H2,1-5H3,(H,29,32). The number of rotatable bonds is 5. The van der Waals surface area contributed by atoms with Crippen LogP contribution in [-0.4, -0.2) is 35.9 Å². The molecule has 32 heavy (non-hydrogen) atoms. The molecule has 0 saturated carbocycles. The van der Waals surface area contributed by atoms with Gasteiger partial charge in [0, 0.05) is 37.2 Å². The lowest BCUT2D eigenvalue weighted by Crippen LogP contribution is -2.30. The van der Waals surface area contributed by atoms with Gasteiger partial charge in [0.2, 0.25) is 0 Å². The quantitative estimate of drug-likeness (QED) is 0.716. The Morgan fingerprint density at radius 3 is 2.59 bits per heavy atom. The number of piperidine rings is 1. The van der Waals surface area contributed by atoms with Crippen molar-refractivity contribution in [3.63, 3.8) is 0 Å². The van der Waals surface area contributed by atoms with Crippen molar-refractivity contribution >= 4 is 22.6 Å². The van der Waals surface area contributed by atoms with E-state index in [1.54, 1.807) is 0 Å². The zero-order valence-corrected chi connectivity index (χ0v) is 20.0. The highest BCUT2D eigenvalue weighted by molar-refractivity contribution is 6.08. The second-order valence-corrected chi connectivity index (χ2v) is 9.77. The fourth-order valence-corrected chi connectivity index (χ4v) is 5.21. The number of carbonyl (C=O) groups excluding carboxylic acids is 2. The monoisotopic (exact) mass is 433 g/mol. The number of fused-ring (bicyclic) bond motifs is 1. The fourth-order valence-electron chi connectivity index (χ4n) is 5.21. The van der Waals surface area contributed by atoms with Crippen molar-refractivity contribution in [3.05, 3.63) is 57.8 Å². The van der Waals surface area contributed by atoms with E-state index in [4.69, 9.17) is 0 Å². The molecule has 2 N–H and O–H groups in total. The minimum atomic E-state index is -0.110. The molecule has 1 aliphatic carbocycles. The van der Waals surface area contributed by atoms with E-state index in [-0.39, 0.29) is 18.2 Å². The molecule has 4 rings (SSSR count). The summed E-state index contributed by atoms with van der Waals surface area (Å²) in [6, 6.07) is 4.40. The van der Waals surface area contributed by atoms with E-state index in [9.17, 15) is 9.59 Å². The number of allylic oxidation sites excluding steroid dienone is 3. The van der Waals surface area contributed by atoms with Gasteiger partial charge in [0.1, 0.15) is 0 Å². The fraction of sp³-hybridized carbons (Fsp3) is 0.481. The second kappa shape index (κ2) is 9.07. The molecular formula is C27H35N3O2. The number of nitrogens with one attached hydrogen (secondary N) is 2. The Labute approximate surface area is 190 Å². The minimum Gasteiger partial charge on any atom is -0.350 e. The SMILES string of the molecule is CC1=CC(C)=C(CNC(=O)c2cc(C3CCNCC3)cc3c(C(C)C)cn(C)c23)C(=O)C1. The molecule has 0 unspecified atom stereocenters. The van der Waals surface area contributed by atoms with E-state index in [1.165, 1.54) is 16.5 Å². The number of Topliss-reactive ketones (excluding diaryl/α,β-unsaturated/α-hetero) is 1. The third kappa shape index (κ3) is 4.31. The van der Waals surface area contributed by atoms with E-state index in [0.717, 1.165) is 42.6 Å². The lowest BCUT2D eigenvalue weighted by Gasteiger charge is -2.24. The van der Waals surface area contributed by atoms with Crippen LogP contribution < -0.4 is 10.6 Å². The lowest BCUT2D eigenvalue weighted by atomic mass is 9.87. The Hall–Kier alpha value is -2.66. The van der Waals surface area contributed by atoms with Crippen LogP contribution >= 0.6 is 0 Å². The maximum absolute atomic E-state index is 13.5. The van der Waals surface area contributed by atoms with Crippen molar-refractivity contribution in [3.8, 4) is 0 Å². The average molecular weight is 434 g/mol. The summed E-state index contributed by atoms with van der Waals surface area (Å²) in [6.45, 7) is 10.6. The van der Waals surface area contributed by atoms with Crippen LogP contribution in [0.15, 0.2) is 41.1 Å². The predicted octanol–water partition coefficient (Wildman–Crippen LogP) is 4.73. The molecule has 5 nitrogen and oxygen atoms in total. The topological polar surface area (TPSA) is 63.1 Å². The first-order valence-corrected chi connectivity index (χ1v) is 11.8. The maximum atomic E-state index is 13.5. The van der Waals surface area contributed by atoms with Gasteiger partial charge in [-0.1, -0.05) is 25.5 Å². The Morgan fingerprint density at radius 2 is 1.94 bits per heavy atom. The van der Waals surface area contributed by atoms with Crippen molar-refractivity contribution in [2.45, 2.75) is 58.8 Å². The first-order valence-electron chi connectivity index (χ1n) is 11.8. The molecule has 2 heterocycles. The van der Waals surface area contributed by atoms with Gasteiger partial charge < -0.3 is 15.2 Å². The normalized spacial score (nSPS) is 17.9. The van der Waals surface area contributed by atoms with Gasteiger partial charge in [-0.25, -0.2) is 0 Å². The van der Waals surface area contributed by atoms with Crippen LogP contribution in [0.4, 0.5) is 0 Å². The molecule has 1 fully saturated rings. The number of benzene rings is 1. The molecule has 0 spiro atoms. The highest BCUT2D eigenvalue weighted by Crippen LogP contribution is 2.35. The Balaban J connectivity index is 1.72. The van der Waals surface area contributed by atoms with E-state index in [2.05, 4.69) is 47.4 Å². The Kier molecular flexibility index (Phi) is 6.38. The molecule has 1 aromatic carbocycles.